The van der Waals surface area contributed by atoms with Gasteiger partial charge in [0.15, 0.2) is 5.13 Å². The number of methoxy groups -OCH3 is 2. The Kier molecular flexibility index (Phi) is 13.7. The van der Waals surface area contributed by atoms with Gasteiger partial charge < -0.3 is 34.7 Å². The molecule has 374 valence electrons. The van der Waals surface area contributed by atoms with E-state index >= 15 is 19.2 Å². The van der Waals surface area contributed by atoms with Crippen LogP contribution in [0, 0.1) is 23.7 Å². The number of nitrogens with zero attached hydrogens (tertiary/aromatic N) is 3. The van der Waals surface area contributed by atoms with Crippen molar-refractivity contribution in [2.45, 2.75) is 49.5 Å². The van der Waals surface area contributed by atoms with Gasteiger partial charge in [-0.05, 0) is 83.3 Å². The molecule has 4 amide bonds. The van der Waals surface area contributed by atoms with Gasteiger partial charge in [-0.1, -0.05) is 128 Å². The summed E-state index contributed by atoms with van der Waals surface area (Å²) >= 11 is 1.22. The van der Waals surface area contributed by atoms with Gasteiger partial charge in [-0.3, -0.25) is 19.3 Å². The fourth-order valence-corrected chi connectivity index (χ4v) is 11.6. The highest BCUT2D eigenvalue weighted by atomic mass is 32.1. The molecule has 3 aliphatic heterocycles. The van der Waals surface area contributed by atoms with Crippen molar-refractivity contribution >= 4 is 62.2 Å². The third-order valence-electron chi connectivity index (χ3n) is 13.9. The Morgan fingerprint density at radius 2 is 1.47 bits per heavy atom. The fraction of sp³-hybridized carbons (Fsp3) is 0.241. The summed E-state index contributed by atoms with van der Waals surface area (Å²) in [5.41, 5.74) is 1.44. The number of thiazole rings is 1. The fourth-order valence-electron chi connectivity index (χ4n) is 10.7. The van der Waals surface area contributed by atoms with E-state index in [0.717, 1.165) is 9.60 Å². The zero-order valence-electron chi connectivity index (χ0n) is 40.8. The predicted octanol–water partition coefficient (Wildman–Crippen LogP) is 8.29. The van der Waals surface area contributed by atoms with E-state index in [9.17, 15) is 9.90 Å². The van der Waals surface area contributed by atoms with Crippen molar-refractivity contribution in [3.8, 4) is 23.3 Å². The highest BCUT2D eigenvalue weighted by molar-refractivity contribution is 7.22. The number of ether oxygens (including phenoxy) is 4. The molecule has 6 aromatic carbocycles. The first-order chi connectivity index (χ1) is 36.0. The van der Waals surface area contributed by atoms with Crippen molar-refractivity contribution in [3.05, 3.63) is 185 Å². The summed E-state index contributed by atoms with van der Waals surface area (Å²) < 4.78 is 24.2. The second kappa shape index (κ2) is 20.6. The van der Waals surface area contributed by atoms with Crippen molar-refractivity contribution < 1.29 is 48.0 Å². The molecule has 7 atom stereocenters. The van der Waals surface area contributed by atoms with Gasteiger partial charge in [0, 0.05) is 16.7 Å². The van der Waals surface area contributed by atoms with Gasteiger partial charge in [-0.2, -0.15) is 0 Å². The first-order valence-corrected chi connectivity index (χ1v) is 24.9. The molecule has 4 heterocycles. The third kappa shape index (κ3) is 8.68. The van der Waals surface area contributed by atoms with Gasteiger partial charge in [-0.15, -0.1) is 0 Å². The number of esters is 2. The second-order valence-corrected chi connectivity index (χ2v) is 19.4. The average molecular weight is 1010 g/mol. The molecular formula is C58H51N5O10S. The van der Waals surface area contributed by atoms with Crippen LogP contribution in [0.25, 0.3) is 10.2 Å². The number of hydrogen-bond acceptors (Lipinski definition) is 13. The predicted molar refractivity (Wildman–Crippen MR) is 277 cm³/mol. The Morgan fingerprint density at radius 3 is 2.16 bits per heavy atom. The number of fused-ring (bicyclic) bond motifs is 4. The number of anilines is 2. The number of rotatable bonds is 12. The maximum Gasteiger partial charge on any atom is 0.329 e. The Bertz CT molecular complexity index is 3310. The standard InChI is InChI=1S/C58H51N5O10S/c1-34(2)47(53(66)71-4)60-57(69)62-43-30-27-36(24-23-35-25-28-39(70-3)29-26-35)33-41(43)58(55(62)68)46(52(65)61-56-59-42-20-12-14-22-45(42)74-56)49-54(67)73-50(38-17-9-6-10-18-38)48(37-15-7-5-8-16-37)63(49)51(58)40-19-11-13-21-44(40)72-32-31-64/h5-22,25-30,33-34,46-51,64H,31-32H2,1-4H3,(H,60,69)(H,59,61,65)/t46-,47-,48-,49-,50+,51+,58-/m0/s1. The molecule has 2 saturated heterocycles. The number of benzene rings is 6. The monoisotopic (exact) mass is 1010 g/mol. The van der Waals surface area contributed by atoms with Crippen LogP contribution in [0.2, 0.25) is 0 Å². The molecule has 0 aliphatic carbocycles. The lowest BCUT2D eigenvalue weighted by atomic mass is 9.65. The molecule has 74 heavy (non-hydrogen) atoms. The van der Waals surface area contributed by atoms with Crippen LogP contribution in [0.3, 0.4) is 0 Å². The number of para-hydroxylation sites is 2. The molecule has 15 nitrogen and oxygen atoms in total. The number of aliphatic hydroxyl groups excluding tert-OH is 1. The Labute approximate surface area is 431 Å². The number of morpholine rings is 1. The summed E-state index contributed by atoms with van der Waals surface area (Å²) in [4.78, 5) is 84.8. The molecule has 0 unspecified atom stereocenters. The molecule has 3 aliphatic rings. The minimum Gasteiger partial charge on any atom is -0.497 e. The SMILES string of the molecule is COC(=O)[C@@H](NC(=O)N1C(=O)[C@@]2(c3cc(C#Cc4ccc(OC)cc4)ccc31)[C@H](C(=O)Nc1nc3ccccc3s1)[C@H]1C(=O)O[C@H](c3ccccc3)[C@H](c3ccccc3)N1[C@@H]2c1ccccc1OCCO)C(C)C. The van der Waals surface area contributed by atoms with Crippen LogP contribution >= 0.6 is 11.3 Å². The number of aromatic nitrogens is 1. The molecule has 7 aromatic rings. The van der Waals surface area contributed by atoms with E-state index in [2.05, 4.69) is 22.5 Å². The zero-order valence-corrected chi connectivity index (χ0v) is 41.6. The van der Waals surface area contributed by atoms with Crippen molar-refractivity contribution in [2.75, 3.05) is 37.7 Å². The molecule has 1 spiro atoms. The summed E-state index contributed by atoms with van der Waals surface area (Å²) in [5, 5.41) is 16.2. The number of imide groups is 1. The molecule has 0 saturated carbocycles. The number of hydrogen-bond donors (Lipinski definition) is 3. The van der Waals surface area contributed by atoms with Crippen molar-refractivity contribution in [1.29, 1.82) is 0 Å². The maximum atomic E-state index is 16.9. The molecule has 10 rings (SSSR count). The van der Waals surface area contributed by atoms with Crippen molar-refractivity contribution in [2.24, 2.45) is 11.8 Å². The highest BCUT2D eigenvalue weighted by Crippen LogP contribution is 2.67. The number of aliphatic hydroxyl groups is 1. The molecule has 2 fully saturated rings. The summed E-state index contributed by atoms with van der Waals surface area (Å²) in [6, 6.07) is 39.2. The zero-order chi connectivity index (χ0) is 51.7. The lowest BCUT2D eigenvalue weighted by molar-refractivity contribution is -0.178. The lowest BCUT2D eigenvalue weighted by Gasteiger charge is -2.46. The Morgan fingerprint density at radius 1 is 0.811 bits per heavy atom. The third-order valence-corrected chi connectivity index (χ3v) is 14.8. The van der Waals surface area contributed by atoms with Gasteiger partial charge in [0.1, 0.15) is 41.7 Å². The van der Waals surface area contributed by atoms with E-state index in [-0.39, 0.29) is 35.3 Å². The van der Waals surface area contributed by atoms with E-state index in [1.54, 1.807) is 87.7 Å². The lowest BCUT2D eigenvalue weighted by Crippen LogP contribution is -2.57. The van der Waals surface area contributed by atoms with Crippen LogP contribution in [-0.4, -0.2) is 84.3 Å². The van der Waals surface area contributed by atoms with Crippen LogP contribution in [0.15, 0.2) is 152 Å². The largest absolute Gasteiger partial charge is 0.497 e. The highest BCUT2D eigenvalue weighted by Gasteiger charge is 2.76. The summed E-state index contributed by atoms with van der Waals surface area (Å²) in [5.74, 6) is 1.98. The van der Waals surface area contributed by atoms with Crippen LogP contribution < -0.4 is 25.0 Å². The van der Waals surface area contributed by atoms with E-state index in [1.165, 1.54) is 18.4 Å². The normalized spacial score (nSPS) is 21.3. The molecule has 1 aromatic heterocycles. The van der Waals surface area contributed by atoms with Crippen LogP contribution in [0.4, 0.5) is 15.6 Å². The van der Waals surface area contributed by atoms with Crippen molar-refractivity contribution in [3.63, 3.8) is 0 Å². The summed E-state index contributed by atoms with van der Waals surface area (Å²) in [7, 11) is 2.78. The van der Waals surface area contributed by atoms with Gasteiger partial charge in [0.2, 0.25) is 11.8 Å². The first-order valence-electron chi connectivity index (χ1n) is 24.1. The Hall–Kier alpha value is -8.36. The summed E-state index contributed by atoms with van der Waals surface area (Å²) in [6.45, 7) is 2.95. The van der Waals surface area contributed by atoms with Gasteiger partial charge >= 0.3 is 18.0 Å². The molecule has 0 radical (unpaired) electrons. The van der Waals surface area contributed by atoms with Gasteiger partial charge in [0.05, 0.1) is 54.7 Å². The van der Waals surface area contributed by atoms with E-state index in [1.807, 2.05) is 89.8 Å². The summed E-state index contributed by atoms with van der Waals surface area (Å²) in [6.07, 6.45) is -0.998. The second-order valence-electron chi connectivity index (χ2n) is 18.4. The minimum absolute atomic E-state index is 0.0792. The van der Waals surface area contributed by atoms with Gasteiger partial charge in [0.25, 0.3) is 0 Å². The number of cyclic esters (lactones) is 1. The number of urea groups is 1. The Balaban J connectivity index is 1.29. The molecule has 0 bridgehead atoms. The van der Waals surface area contributed by atoms with Crippen molar-refractivity contribution in [1.82, 2.24) is 15.2 Å². The molecule has 3 N–H and O–H groups in total. The maximum absolute atomic E-state index is 16.9. The number of carbonyl (C=O) groups is 5. The van der Waals surface area contributed by atoms with Crippen LogP contribution in [0.1, 0.15) is 65.4 Å². The average Bonchev–Trinajstić information content (AvgIpc) is 4.15. The van der Waals surface area contributed by atoms with E-state index < -0.39 is 77.3 Å². The van der Waals surface area contributed by atoms with Crippen LogP contribution in [-0.2, 0) is 34.1 Å². The van der Waals surface area contributed by atoms with E-state index in [4.69, 9.17) is 23.9 Å². The number of carbonyl (C=O) groups excluding carboxylic acids is 5. The van der Waals surface area contributed by atoms with E-state index in [0.29, 0.717) is 39.1 Å². The molecular weight excluding hydrogens is 959 g/mol. The smallest absolute Gasteiger partial charge is 0.329 e. The van der Waals surface area contributed by atoms with Crippen LogP contribution in [0.5, 0.6) is 11.5 Å². The number of amides is 4. The first kappa shape index (κ1) is 49.2. The topological polar surface area (TPSA) is 186 Å². The van der Waals surface area contributed by atoms with Gasteiger partial charge in [-0.25, -0.2) is 19.5 Å². The molecule has 16 heteroatoms. The number of nitrogens with one attached hydrogen (secondary N) is 2. The minimum atomic E-state index is -2.22. The quantitative estimate of drug-likeness (QED) is 0.0787.